The van der Waals surface area contributed by atoms with Gasteiger partial charge >= 0.3 is 11.9 Å². The van der Waals surface area contributed by atoms with Crippen LogP contribution in [0.25, 0.3) is 10.9 Å². The zero-order valence-electron chi connectivity index (χ0n) is 19.4. The van der Waals surface area contributed by atoms with Crippen LogP contribution in [0.2, 0.25) is 0 Å². The van der Waals surface area contributed by atoms with Gasteiger partial charge in [0.25, 0.3) is 0 Å². The van der Waals surface area contributed by atoms with E-state index in [0.717, 1.165) is 61.9 Å². The smallest absolute Gasteiger partial charge is 0.328 e. The number of carboxylic acids is 2. The summed E-state index contributed by atoms with van der Waals surface area (Å²) in [5.41, 5.74) is 0.965. The number of nitrogens with zero attached hydrogens (tertiary/aromatic N) is 4. The van der Waals surface area contributed by atoms with Crippen molar-refractivity contribution in [2.24, 2.45) is 0 Å². The maximum absolute atomic E-state index is 9.55. The molecule has 9 heteroatoms. The van der Waals surface area contributed by atoms with Gasteiger partial charge in [-0.1, -0.05) is 44.7 Å². The van der Waals surface area contributed by atoms with Crippen molar-refractivity contribution in [3.05, 3.63) is 36.4 Å². The van der Waals surface area contributed by atoms with Crippen molar-refractivity contribution < 1.29 is 24.5 Å². The lowest BCUT2D eigenvalue weighted by Gasteiger charge is -2.32. The Morgan fingerprint density at radius 1 is 0.970 bits per heavy atom. The fourth-order valence-corrected chi connectivity index (χ4v) is 3.31. The number of hydrogen-bond donors (Lipinski definition) is 2. The highest BCUT2D eigenvalue weighted by molar-refractivity contribution is 5.89. The van der Waals surface area contributed by atoms with Gasteiger partial charge in [0.2, 0.25) is 11.8 Å². The minimum atomic E-state index is -1.26. The zero-order valence-corrected chi connectivity index (χ0v) is 19.4. The summed E-state index contributed by atoms with van der Waals surface area (Å²) < 4.78 is 6.06. The second-order valence-corrected chi connectivity index (χ2v) is 7.91. The van der Waals surface area contributed by atoms with Crippen LogP contribution in [0.3, 0.4) is 0 Å². The number of aliphatic carboxylic acids is 2. The lowest BCUT2D eigenvalue weighted by atomic mass is 10.2. The molecular formula is C24H34N4O5. The average molecular weight is 459 g/mol. The second kappa shape index (κ2) is 14.1. The summed E-state index contributed by atoms with van der Waals surface area (Å²) in [4.78, 5) is 33.2. The van der Waals surface area contributed by atoms with Crippen LogP contribution in [0, 0.1) is 0 Å². The number of likely N-dealkylation sites (N-methyl/N-ethyl adjacent to an activating group) is 1. The molecule has 0 atom stereocenters. The minimum absolute atomic E-state index is 0.558. The standard InChI is InChI=1S/C20H30N4O.C4H4O4/c1-3-4-5-6-9-16-25-19-17-10-7-8-11-18(17)21-20(22-19)24-14-12-23(2)13-15-24;5-3(6)1-2-4(7)8/h7-8,10-11H,3-6,9,12-16H2,1-2H3;1-2H,(H,5,6)(H,7,8)/b;2-1+. The maximum atomic E-state index is 9.55. The molecule has 0 saturated carbocycles. The summed E-state index contributed by atoms with van der Waals surface area (Å²) in [7, 11) is 2.16. The molecule has 0 spiro atoms. The molecule has 0 aliphatic carbocycles. The molecule has 0 radical (unpaired) electrons. The van der Waals surface area contributed by atoms with Crippen LogP contribution in [0.5, 0.6) is 5.88 Å². The van der Waals surface area contributed by atoms with Crippen molar-refractivity contribution in [2.75, 3.05) is 44.7 Å². The first-order chi connectivity index (χ1) is 15.9. The summed E-state index contributed by atoms with van der Waals surface area (Å²) in [5.74, 6) is -0.984. The summed E-state index contributed by atoms with van der Waals surface area (Å²) >= 11 is 0. The van der Waals surface area contributed by atoms with E-state index < -0.39 is 11.9 Å². The molecule has 1 fully saturated rings. The molecule has 1 aromatic carbocycles. The molecule has 2 heterocycles. The lowest BCUT2D eigenvalue weighted by Crippen LogP contribution is -2.45. The van der Waals surface area contributed by atoms with Gasteiger partial charge in [0, 0.05) is 38.3 Å². The monoisotopic (exact) mass is 458 g/mol. The molecule has 2 N–H and O–H groups in total. The third kappa shape index (κ3) is 9.44. The molecule has 33 heavy (non-hydrogen) atoms. The molecule has 1 aromatic heterocycles. The highest BCUT2D eigenvalue weighted by atomic mass is 16.5. The fraction of sp³-hybridized carbons (Fsp3) is 0.500. The van der Waals surface area contributed by atoms with E-state index in [1.54, 1.807) is 0 Å². The number of fused-ring (bicyclic) bond motifs is 1. The van der Waals surface area contributed by atoms with Gasteiger partial charge in [-0.3, -0.25) is 0 Å². The summed E-state index contributed by atoms with van der Waals surface area (Å²) in [6.45, 7) is 6.99. The number of carbonyl (C=O) groups is 2. The van der Waals surface area contributed by atoms with Crippen LogP contribution in [0.15, 0.2) is 36.4 Å². The molecule has 0 amide bonds. The van der Waals surface area contributed by atoms with Gasteiger partial charge in [0.1, 0.15) is 0 Å². The number of aromatic nitrogens is 2. The van der Waals surface area contributed by atoms with Crippen LogP contribution in [-0.2, 0) is 9.59 Å². The predicted octanol–water partition coefficient (Wildman–Crippen LogP) is 3.44. The molecule has 0 unspecified atom stereocenters. The number of carboxylic acid groups (broad SMARTS) is 2. The van der Waals surface area contributed by atoms with E-state index in [2.05, 4.69) is 29.8 Å². The number of hydrogen-bond acceptors (Lipinski definition) is 7. The number of unbranched alkanes of at least 4 members (excludes halogenated alkanes) is 4. The van der Waals surface area contributed by atoms with Gasteiger partial charge in [-0.25, -0.2) is 14.6 Å². The Hall–Kier alpha value is -3.20. The fourth-order valence-electron chi connectivity index (χ4n) is 3.31. The molecule has 0 bridgehead atoms. The highest BCUT2D eigenvalue weighted by Gasteiger charge is 2.18. The van der Waals surface area contributed by atoms with E-state index in [9.17, 15) is 9.59 Å². The SMILES string of the molecule is CCCCCCCOc1nc(N2CCN(C)CC2)nc2ccccc12.O=C(O)/C=C/C(=O)O. The maximum Gasteiger partial charge on any atom is 0.328 e. The van der Waals surface area contributed by atoms with Crippen LogP contribution in [0.1, 0.15) is 39.0 Å². The Morgan fingerprint density at radius 2 is 1.61 bits per heavy atom. The number of rotatable bonds is 10. The zero-order chi connectivity index (χ0) is 24.1. The summed E-state index contributed by atoms with van der Waals surface area (Å²) in [5, 5.41) is 16.6. The molecular weight excluding hydrogens is 424 g/mol. The van der Waals surface area contributed by atoms with Crippen molar-refractivity contribution in [1.82, 2.24) is 14.9 Å². The molecule has 180 valence electrons. The minimum Gasteiger partial charge on any atom is -0.478 e. The summed E-state index contributed by atoms with van der Waals surface area (Å²) in [6.07, 6.45) is 7.29. The van der Waals surface area contributed by atoms with Crippen molar-refractivity contribution in [1.29, 1.82) is 0 Å². The van der Waals surface area contributed by atoms with E-state index >= 15 is 0 Å². The van der Waals surface area contributed by atoms with Crippen LogP contribution in [-0.4, -0.2) is 76.9 Å². The van der Waals surface area contributed by atoms with E-state index in [0.29, 0.717) is 12.2 Å². The number of benzene rings is 1. The number of para-hydroxylation sites is 1. The molecule has 1 aliphatic heterocycles. The van der Waals surface area contributed by atoms with Crippen LogP contribution >= 0.6 is 0 Å². The quantitative estimate of drug-likeness (QED) is 0.408. The van der Waals surface area contributed by atoms with Gasteiger partial charge in [0.05, 0.1) is 17.5 Å². The first-order valence-corrected chi connectivity index (χ1v) is 11.4. The Morgan fingerprint density at radius 3 is 2.24 bits per heavy atom. The molecule has 1 saturated heterocycles. The van der Waals surface area contributed by atoms with Crippen molar-refractivity contribution in [2.45, 2.75) is 39.0 Å². The number of piperazine rings is 1. The molecule has 9 nitrogen and oxygen atoms in total. The van der Waals surface area contributed by atoms with Gasteiger partial charge in [-0.05, 0) is 25.6 Å². The topological polar surface area (TPSA) is 116 Å². The van der Waals surface area contributed by atoms with Crippen LogP contribution < -0.4 is 9.64 Å². The van der Waals surface area contributed by atoms with Gasteiger partial charge < -0.3 is 24.7 Å². The largest absolute Gasteiger partial charge is 0.478 e. The van der Waals surface area contributed by atoms with E-state index in [4.69, 9.17) is 24.9 Å². The first-order valence-electron chi connectivity index (χ1n) is 11.4. The number of anilines is 1. The first kappa shape index (κ1) is 26.1. The van der Waals surface area contributed by atoms with E-state index in [-0.39, 0.29) is 0 Å². The van der Waals surface area contributed by atoms with Crippen molar-refractivity contribution in [3.63, 3.8) is 0 Å². The second-order valence-electron chi connectivity index (χ2n) is 7.91. The lowest BCUT2D eigenvalue weighted by molar-refractivity contribution is -0.134. The van der Waals surface area contributed by atoms with Crippen LogP contribution in [0.4, 0.5) is 5.95 Å². The molecule has 2 aromatic rings. The number of ether oxygens (including phenoxy) is 1. The Balaban J connectivity index is 0.000000414. The van der Waals surface area contributed by atoms with E-state index in [1.807, 2.05) is 18.2 Å². The van der Waals surface area contributed by atoms with E-state index in [1.165, 1.54) is 25.7 Å². The third-order valence-corrected chi connectivity index (χ3v) is 5.20. The Labute approximate surface area is 194 Å². The van der Waals surface area contributed by atoms with Crippen molar-refractivity contribution in [3.8, 4) is 5.88 Å². The summed E-state index contributed by atoms with van der Waals surface area (Å²) in [6, 6.07) is 8.15. The third-order valence-electron chi connectivity index (χ3n) is 5.20. The van der Waals surface area contributed by atoms with Gasteiger partial charge in [-0.15, -0.1) is 0 Å². The highest BCUT2D eigenvalue weighted by Crippen LogP contribution is 2.26. The predicted molar refractivity (Wildman–Crippen MR) is 128 cm³/mol. The Bertz CT molecular complexity index is 910. The van der Waals surface area contributed by atoms with Crippen molar-refractivity contribution >= 4 is 28.8 Å². The van der Waals surface area contributed by atoms with Gasteiger partial charge in [-0.2, -0.15) is 4.98 Å². The average Bonchev–Trinajstić information content (AvgIpc) is 2.80. The Kier molecular flexibility index (Phi) is 11.1. The van der Waals surface area contributed by atoms with Gasteiger partial charge in [0.15, 0.2) is 0 Å². The molecule has 1 aliphatic rings. The molecule has 3 rings (SSSR count). The normalized spacial score (nSPS) is 14.2.